The minimum Gasteiger partial charge on any atom is -0.435 e. The summed E-state index contributed by atoms with van der Waals surface area (Å²) >= 11 is 0. The average molecular weight is 401 g/mol. The molecule has 0 saturated heterocycles. The summed E-state index contributed by atoms with van der Waals surface area (Å²) < 4.78 is 30.3. The van der Waals surface area contributed by atoms with E-state index in [2.05, 4.69) is 15.0 Å². The van der Waals surface area contributed by atoms with Crippen LogP contribution >= 0.6 is 0 Å². The highest BCUT2D eigenvalue weighted by Crippen LogP contribution is 2.16. The first-order chi connectivity index (χ1) is 13.9. The van der Waals surface area contributed by atoms with Gasteiger partial charge in [-0.1, -0.05) is 12.1 Å². The second-order valence-corrected chi connectivity index (χ2v) is 6.48. The molecule has 0 aliphatic carbocycles. The van der Waals surface area contributed by atoms with Crippen LogP contribution in [0.3, 0.4) is 0 Å². The number of aromatic nitrogens is 2. The fourth-order valence-electron chi connectivity index (χ4n) is 3.09. The van der Waals surface area contributed by atoms with Crippen LogP contribution in [0.5, 0.6) is 5.75 Å². The van der Waals surface area contributed by atoms with Crippen LogP contribution in [0.2, 0.25) is 0 Å². The molecule has 2 aromatic carbocycles. The Kier molecular flexibility index (Phi) is 6.21. The zero-order valence-electron chi connectivity index (χ0n) is 16.1. The van der Waals surface area contributed by atoms with E-state index in [1.807, 2.05) is 6.92 Å². The van der Waals surface area contributed by atoms with Crippen molar-refractivity contribution in [2.24, 2.45) is 0 Å². The number of carbonyl (C=O) groups excluding carboxylic acids is 1. The maximum atomic E-state index is 12.4. The first-order valence-electron chi connectivity index (χ1n) is 9.22. The monoisotopic (exact) mass is 401 g/mol. The van der Waals surface area contributed by atoms with Gasteiger partial charge in [-0.25, -0.2) is 4.98 Å². The number of hydrogen-bond donors (Lipinski definition) is 1. The molecule has 29 heavy (non-hydrogen) atoms. The van der Waals surface area contributed by atoms with Gasteiger partial charge in [0.15, 0.2) is 0 Å². The second-order valence-electron chi connectivity index (χ2n) is 6.48. The number of ether oxygens (including phenoxy) is 1. The lowest BCUT2D eigenvalue weighted by Gasteiger charge is -2.10. The summed E-state index contributed by atoms with van der Waals surface area (Å²) in [5, 5.41) is 2.83. The van der Waals surface area contributed by atoms with E-state index < -0.39 is 6.61 Å². The number of halogens is 2. The van der Waals surface area contributed by atoms with Crippen molar-refractivity contribution in [3.05, 3.63) is 69.6 Å². The maximum absolute atomic E-state index is 12.4. The van der Waals surface area contributed by atoms with E-state index in [4.69, 9.17) is 0 Å². The first-order valence-corrected chi connectivity index (χ1v) is 9.22. The SMILES string of the molecule is CCn1c(=O)c(C)nc2cc(C(=O)NCCc3ccc(OC(F)F)cc3)ccc21. The summed E-state index contributed by atoms with van der Waals surface area (Å²) in [5.74, 6) is -0.157. The molecular formula is C21H21F2N3O3. The lowest BCUT2D eigenvalue weighted by Crippen LogP contribution is -2.26. The lowest BCUT2D eigenvalue weighted by atomic mass is 10.1. The topological polar surface area (TPSA) is 73.2 Å². The minimum absolute atomic E-state index is 0.0947. The lowest BCUT2D eigenvalue weighted by molar-refractivity contribution is -0.0498. The molecule has 1 N–H and O–H groups in total. The van der Waals surface area contributed by atoms with E-state index in [1.54, 1.807) is 41.8 Å². The predicted octanol–water partition coefficient (Wildman–Crippen LogP) is 3.30. The van der Waals surface area contributed by atoms with Crippen molar-refractivity contribution in [1.82, 2.24) is 14.9 Å². The number of rotatable bonds is 7. The smallest absolute Gasteiger partial charge is 0.387 e. The van der Waals surface area contributed by atoms with Gasteiger partial charge in [-0.05, 0) is 56.2 Å². The summed E-state index contributed by atoms with van der Waals surface area (Å²) in [7, 11) is 0. The highest BCUT2D eigenvalue weighted by Gasteiger charge is 2.11. The maximum Gasteiger partial charge on any atom is 0.387 e. The molecule has 0 radical (unpaired) electrons. The molecule has 0 unspecified atom stereocenters. The second kappa shape index (κ2) is 8.81. The number of amides is 1. The van der Waals surface area contributed by atoms with Gasteiger partial charge < -0.3 is 14.6 Å². The quantitative estimate of drug-likeness (QED) is 0.659. The van der Waals surface area contributed by atoms with Crippen molar-refractivity contribution in [2.45, 2.75) is 33.4 Å². The van der Waals surface area contributed by atoms with Crippen molar-refractivity contribution in [3.8, 4) is 5.75 Å². The van der Waals surface area contributed by atoms with Crippen LogP contribution in [0.25, 0.3) is 11.0 Å². The van der Waals surface area contributed by atoms with Gasteiger partial charge in [0.1, 0.15) is 11.4 Å². The Balaban J connectivity index is 1.65. The van der Waals surface area contributed by atoms with Crippen molar-refractivity contribution in [1.29, 1.82) is 0 Å². The predicted molar refractivity (Wildman–Crippen MR) is 106 cm³/mol. The Bertz CT molecular complexity index is 1080. The summed E-state index contributed by atoms with van der Waals surface area (Å²) in [6.45, 7) is 1.58. The van der Waals surface area contributed by atoms with Gasteiger partial charge in [-0.3, -0.25) is 9.59 Å². The van der Waals surface area contributed by atoms with E-state index in [9.17, 15) is 18.4 Å². The van der Waals surface area contributed by atoms with Crippen LogP contribution in [-0.2, 0) is 13.0 Å². The van der Waals surface area contributed by atoms with Crippen LogP contribution in [0, 0.1) is 6.92 Å². The Morgan fingerprint density at radius 3 is 2.59 bits per heavy atom. The Morgan fingerprint density at radius 2 is 1.93 bits per heavy atom. The van der Waals surface area contributed by atoms with E-state index >= 15 is 0 Å². The van der Waals surface area contributed by atoms with Crippen molar-refractivity contribution in [3.63, 3.8) is 0 Å². The molecule has 8 heteroatoms. The molecule has 0 saturated carbocycles. The van der Waals surface area contributed by atoms with Crippen LogP contribution in [0.1, 0.15) is 28.5 Å². The van der Waals surface area contributed by atoms with Crippen LogP contribution < -0.4 is 15.6 Å². The number of benzene rings is 2. The molecular weight excluding hydrogens is 380 g/mol. The standard InChI is InChI=1S/C21H21F2N3O3/c1-3-26-18-9-6-15(12-17(18)25-13(2)20(26)28)19(27)24-11-10-14-4-7-16(8-5-14)29-21(22)23/h4-9,12,21H,3,10-11H2,1-2H3,(H,24,27). The highest BCUT2D eigenvalue weighted by molar-refractivity contribution is 5.97. The number of carbonyl (C=O) groups is 1. The first kappa shape index (κ1) is 20.4. The molecule has 0 aliphatic rings. The number of hydrogen-bond acceptors (Lipinski definition) is 4. The summed E-state index contributed by atoms with van der Waals surface area (Å²) in [5.41, 5.74) is 2.86. The summed E-state index contributed by atoms with van der Waals surface area (Å²) in [4.78, 5) is 28.9. The third-order valence-corrected chi connectivity index (χ3v) is 4.54. The number of aryl methyl sites for hydroxylation is 2. The zero-order chi connectivity index (χ0) is 21.0. The number of alkyl halides is 2. The van der Waals surface area contributed by atoms with Gasteiger partial charge >= 0.3 is 6.61 Å². The van der Waals surface area contributed by atoms with E-state index in [0.29, 0.717) is 41.8 Å². The van der Waals surface area contributed by atoms with E-state index in [-0.39, 0.29) is 17.2 Å². The third kappa shape index (κ3) is 4.77. The molecule has 3 rings (SSSR count). The van der Waals surface area contributed by atoms with E-state index in [1.165, 1.54) is 12.1 Å². The number of nitrogens with one attached hydrogen (secondary N) is 1. The van der Waals surface area contributed by atoms with Gasteiger partial charge in [-0.15, -0.1) is 0 Å². The van der Waals surface area contributed by atoms with Crippen LogP contribution in [0.4, 0.5) is 8.78 Å². The molecule has 0 aliphatic heterocycles. The van der Waals surface area contributed by atoms with Crippen molar-refractivity contribution < 1.29 is 18.3 Å². The van der Waals surface area contributed by atoms with Crippen molar-refractivity contribution in [2.75, 3.05) is 6.54 Å². The molecule has 152 valence electrons. The molecule has 0 spiro atoms. The van der Waals surface area contributed by atoms with Gasteiger partial charge in [0.05, 0.1) is 11.0 Å². The van der Waals surface area contributed by atoms with Crippen LogP contribution in [-0.4, -0.2) is 28.6 Å². The normalized spacial score (nSPS) is 11.1. The van der Waals surface area contributed by atoms with Crippen LogP contribution in [0.15, 0.2) is 47.3 Å². The average Bonchev–Trinajstić information content (AvgIpc) is 2.69. The highest BCUT2D eigenvalue weighted by atomic mass is 19.3. The Labute approximate surface area is 166 Å². The van der Waals surface area contributed by atoms with Crippen molar-refractivity contribution >= 4 is 16.9 Å². The number of fused-ring (bicyclic) bond motifs is 1. The fourth-order valence-corrected chi connectivity index (χ4v) is 3.09. The Morgan fingerprint density at radius 1 is 1.21 bits per heavy atom. The zero-order valence-corrected chi connectivity index (χ0v) is 16.1. The van der Waals surface area contributed by atoms with E-state index in [0.717, 1.165) is 5.56 Å². The summed E-state index contributed by atoms with van der Waals surface area (Å²) in [6.07, 6.45) is 0.543. The van der Waals surface area contributed by atoms with Gasteiger partial charge in [0.2, 0.25) is 0 Å². The summed E-state index contributed by atoms with van der Waals surface area (Å²) in [6, 6.07) is 11.3. The molecule has 3 aromatic rings. The largest absolute Gasteiger partial charge is 0.435 e. The Hall–Kier alpha value is -3.29. The molecule has 0 bridgehead atoms. The molecule has 0 atom stereocenters. The fraction of sp³-hybridized carbons (Fsp3) is 0.286. The minimum atomic E-state index is -2.85. The molecule has 1 aromatic heterocycles. The van der Waals surface area contributed by atoms with Gasteiger partial charge in [0.25, 0.3) is 11.5 Å². The molecule has 0 fully saturated rings. The third-order valence-electron chi connectivity index (χ3n) is 4.54. The number of nitrogens with zero attached hydrogens (tertiary/aromatic N) is 2. The van der Waals surface area contributed by atoms with Gasteiger partial charge in [-0.2, -0.15) is 8.78 Å². The molecule has 1 heterocycles. The molecule has 6 nitrogen and oxygen atoms in total. The van der Waals surface area contributed by atoms with Gasteiger partial charge in [0, 0.05) is 18.7 Å². The molecule has 1 amide bonds.